The molecule has 0 aliphatic rings. The zero-order valence-electron chi connectivity index (χ0n) is 8.13. The van der Waals surface area contributed by atoms with Crippen LogP contribution in [0.2, 0.25) is 0 Å². The zero-order valence-corrected chi connectivity index (χ0v) is 8.13. The highest BCUT2D eigenvalue weighted by atomic mass is 16.3. The molecule has 1 aromatic rings. The summed E-state index contributed by atoms with van der Waals surface area (Å²) in [6, 6.07) is 0. The lowest BCUT2D eigenvalue weighted by molar-refractivity contribution is 0.403. The number of hydrogen-bond acceptors (Lipinski definition) is 3. The summed E-state index contributed by atoms with van der Waals surface area (Å²) in [5, 5.41) is 9.51. The Morgan fingerprint density at radius 3 is 2.64 bits per heavy atom. The van der Waals surface area contributed by atoms with E-state index in [9.17, 15) is 14.7 Å². The van der Waals surface area contributed by atoms with Crippen molar-refractivity contribution in [3.05, 3.63) is 38.6 Å². The fourth-order valence-corrected chi connectivity index (χ4v) is 1.08. The predicted molar refractivity (Wildman–Crippen MR) is 52.5 cm³/mol. The third-order valence-electron chi connectivity index (χ3n) is 1.83. The summed E-state index contributed by atoms with van der Waals surface area (Å²) in [4.78, 5) is 24.4. The Morgan fingerprint density at radius 1 is 1.57 bits per heavy atom. The second-order valence-electron chi connectivity index (χ2n) is 3.25. The van der Waals surface area contributed by atoms with Crippen molar-refractivity contribution in [2.75, 3.05) is 0 Å². The lowest BCUT2D eigenvalue weighted by Gasteiger charge is -2.08. The lowest BCUT2D eigenvalue weighted by Crippen LogP contribution is -2.31. The van der Waals surface area contributed by atoms with Crippen molar-refractivity contribution in [1.29, 1.82) is 0 Å². The minimum absolute atomic E-state index is 0.130. The van der Waals surface area contributed by atoms with Crippen LogP contribution < -0.4 is 11.2 Å². The van der Waals surface area contributed by atoms with Crippen LogP contribution in [0, 0.1) is 6.92 Å². The Hall–Kier alpha value is -1.78. The minimum atomic E-state index is -0.624. The molecule has 0 amide bonds. The zero-order chi connectivity index (χ0) is 10.9. The number of aromatic nitrogens is 2. The number of allylic oxidation sites excluding steroid dienone is 1. The molecular weight excluding hydrogens is 184 g/mol. The van der Waals surface area contributed by atoms with Crippen molar-refractivity contribution < 1.29 is 5.11 Å². The summed E-state index contributed by atoms with van der Waals surface area (Å²) in [7, 11) is 0. The van der Waals surface area contributed by atoms with E-state index in [0.717, 1.165) is 4.57 Å². The molecule has 0 spiro atoms. The Balaban J connectivity index is 3.44. The first-order valence-corrected chi connectivity index (χ1v) is 4.10. The van der Waals surface area contributed by atoms with Gasteiger partial charge in [-0.25, -0.2) is 4.79 Å². The summed E-state index contributed by atoms with van der Waals surface area (Å²) in [6.45, 7) is 6.99. The number of nitrogens with zero attached hydrogens (tertiary/aromatic N) is 1. The van der Waals surface area contributed by atoms with Gasteiger partial charge in [0, 0.05) is 0 Å². The third-order valence-corrected chi connectivity index (χ3v) is 1.83. The average Bonchev–Trinajstić information content (AvgIpc) is 2.09. The molecule has 0 atom stereocenters. The molecule has 1 aromatic heterocycles. The highest BCUT2D eigenvalue weighted by Crippen LogP contribution is 2.09. The van der Waals surface area contributed by atoms with E-state index in [4.69, 9.17) is 0 Å². The molecule has 0 unspecified atom stereocenters. The third kappa shape index (κ3) is 1.76. The van der Waals surface area contributed by atoms with Gasteiger partial charge in [0.1, 0.15) is 0 Å². The maximum Gasteiger partial charge on any atom is 0.331 e. The van der Waals surface area contributed by atoms with Gasteiger partial charge in [0.25, 0.3) is 5.56 Å². The number of nitrogens with one attached hydrogen (secondary N) is 1. The molecule has 5 heteroatoms. The molecule has 0 radical (unpaired) electrons. The first kappa shape index (κ1) is 10.3. The molecule has 5 nitrogen and oxygen atoms in total. The molecule has 0 aliphatic heterocycles. The van der Waals surface area contributed by atoms with Crippen LogP contribution in [0.25, 0.3) is 0 Å². The molecule has 0 saturated carbocycles. The van der Waals surface area contributed by atoms with Crippen molar-refractivity contribution >= 4 is 0 Å². The normalized spacial score (nSPS) is 10.1. The number of hydrogen-bond donors (Lipinski definition) is 2. The molecule has 0 bridgehead atoms. The predicted octanol–water partition coefficient (Wildman–Crippen LogP) is 0.127. The summed E-state index contributed by atoms with van der Waals surface area (Å²) in [5.41, 5.74) is -0.341. The Kier molecular flexibility index (Phi) is 2.60. The molecule has 0 aliphatic carbocycles. The molecule has 2 N–H and O–H groups in total. The number of rotatable bonds is 2. The molecular formula is C9H12N2O3. The first-order chi connectivity index (χ1) is 6.43. The van der Waals surface area contributed by atoms with Gasteiger partial charge in [0.15, 0.2) is 0 Å². The summed E-state index contributed by atoms with van der Waals surface area (Å²) < 4.78 is 1.07. The van der Waals surface area contributed by atoms with E-state index in [0.29, 0.717) is 5.57 Å². The van der Waals surface area contributed by atoms with Crippen LogP contribution in [0.4, 0.5) is 0 Å². The van der Waals surface area contributed by atoms with Crippen molar-refractivity contribution in [2.24, 2.45) is 0 Å². The monoisotopic (exact) mass is 196 g/mol. The van der Waals surface area contributed by atoms with E-state index >= 15 is 0 Å². The van der Waals surface area contributed by atoms with E-state index < -0.39 is 11.2 Å². The molecule has 0 fully saturated rings. The van der Waals surface area contributed by atoms with Gasteiger partial charge in [-0.05, 0) is 13.8 Å². The van der Waals surface area contributed by atoms with Crippen molar-refractivity contribution in [3.63, 3.8) is 0 Å². The van der Waals surface area contributed by atoms with Gasteiger partial charge >= 0.3 is 5.69 Å². The second kappa shape index (κ2) is 3.53. The Morgan fingerprint density at radius 2 is 2.14 bits per heavy atom. The molecule has 76 valence electrons. The van der Waals surface area contributed by atoms with Gasteiger partial charge in [-0.2, -0.15) is 0 Å². The fourth-order valence-electron chi connectivity index (χ4n) is 1.08. The van der Waals surface area contributed by atoms with Gasteiger partial charge in [-0.3, -0.25) is 14.3 Å². The fraction of sp³-hybridized carbons (Fsp3) is 0.333. The van der Waals surface area contributed by atoms with Gasteiger partial charge in [-0.15, -0.1) is 0 Å². The topological polar surface area (TPSA) is 75.1 Å². The van der Waals surface area contributed by atoms with Gasteiger partial charge in [0.05, 0.1) is 12.1 Å². The maximum atomic E-state index is 11.3. The van der Waals surface area contributed by atoms with Crippen LogP contribution in [0.1, 0.15) is 12.5 Å². The quantitative estimate of drug-likeness (QED) is 0.660. The summed E-state index contributed by atoms with van der Waals surface area (Å²) in [6.07, 6.45) is 0. The van der Waals surface area contributed by atoms with E-state index in [1.54, 1.807) is 6.92 Å². The number of aromatic amines is 1. The van der Waals surface area contributed by atoms with Crippen LogP contribution in [-0.2, 0) is 6.54 Å². The van der Waals surface area contributed by atoms with Crippen LogP contribution in [0.5, 0.6) is 5.88 Å². The molecule has 14 heavy (non-hydrogen) atoms. The average molecular weight is 196 g/mol. The van der Waals surface area contributed by atoms with Crippen molar-refractivity contribution in [1.82, 2.24) is 9.55 Å². The molecule has 1 rings (SSSR count). The van der Waals surface area contributed by atoms with Crippen LogP contribution in [-0.4, -0.2) is 14.7 Å². The largest absolute Gasteiger partial charge is 0.494 e. The molecule has 0 saturated heterocycles. The van der Waals surface area contributed by atoms with Crippen LogP contribution in [0.3, 0.4) is 0 Å². The first-order valence-electron chi connectivity index (χ1n) is 4.10. The van der Waals surface area contributed by atoms with Gasteiger partial charge in [0.2, 0.25) is 5.88 Å². The lowest BCUT2D eigenvalue weighted by atomic mass is 10.3. The molecule has 1 heterocycles. The van der Waals surface area contributed by atoms with E-state index in [1.165, 1.54) is 6.92 Å². The van der Waals surface area contributed by atoms with E-state index in [1.807, 2.05) is 0 Å². The van der Waals surface area contributed by atoms with E-state index in [2.05, 4.69) is 11.6 Å². The van der Waals surface area contributed by atoms with Gasteiger partial charge < -0.3 is 5.11 Å². The number of H-pyrrole nitrogens is 1. The standard InChI is InChI=1S/C9H12N2O3/c1-5(2)4-11-8(13)6(3)7(12)10-9(11)14/h13H,1,4H2,2-3H3,(H,10,12,14). The maximum absolute atomic E-state index is 11.3. The van der Waals surface area contributed by atoms with Crippen LogP contribution in [0.15, 0.2) is 21.7 Å². The summed E-state index contributed by atoms with van der Waals surface area (Å²) in [5.74, 6) is -0.304. The minimum Gasteiger partial charge on any atom is -0.494 e. The Labute approximate surface area is 80.3 Å². The number of aromatic hydroxyl groups is 1. The highest BCUT2D eigenvalue weighted by Gasteiger charge is 2.09. The van der Waals surface area contributed by atoms with Crippen molar-refractivity contribution in [3.8, 4) is 5.88 Å². The Bertz CT molecular complexity index is 482. The SMILES string of the molecule is C=C(C)Cn1c(O)c(C)c(=O)[nH]c1=O. The van der Waals surface area contributed by atoms with Gasteiger partial charge in [-0.1, -0.05) is 12.2 Å². The smallest absolute Gasteiger partial charge is 0.331 e. The molecule has 0 aromatic carbocycles. The van der Waals surface area contributed by atoms with Crippen molar-refractivity contribution in [2.45, 2.75) is 20.4 Å². The van der Waals surface area contributed by atoms with E-state index in [-0.39, 0.29) is 18.0 Å². The highest BCUT2D eigenvalue weighted by molar-refractivity contribution is 5.21. The van der Waals surface area contributed by atoms with Crippen LogP contribution >= 0.6 is 0 Å². The second-order valence-corrected chi connectivity index (χ2v) is 3.25. The summed E-state index contributed by atoms with van der Waals surface area (Å²) >= 11 is 0.